The Labute approximate surface area is 120 Å². The number of aromatic nitrogens is 2. The van der Waals surface area contributed by atoms with Crippen molar-refractivity contribution in [3.8, 4) is 0 Å². The normalized spacial score (nSPS) is 19.3. The highest BCUT2D eigenvalue weighted by molar-refractivity contribution is 5.84. The first-order valence-electron chi connectivity index (χ1n) is 7.40. The lowest BCUT2D eigenvalue weighted by Gasteiger charge is -2.24. The van der Waals surface area contributed by atoms with E-state index in [0.29, 0.717) is 5.92 Å². The zero-order valence-electron chi connectivity index (χ0n) is 12.7. The minimum absolute atomic E-state index is 0.0621. The van der Waals surface area contributed by atoms with Gasteiger partial charge in [-0.1, -0.05) is 27.7 Å². The van der Waals surface area contributed by atoms with Crippen LogP contribution in [0.3, 0.4) is 0 Å². The van der Waals surface area contributed by atoms with Crippen LogP contribution in [0.2, 0.25) is 0 Å². The lowest BCUT2D eigenvalue weighted by atomic mass is 10.1. The molecule has 2 rings (SSSR count). The van der Waals surface area contributed by atoms with E-state index < -0.39 is 0 Å². The molecule has 1 aliphatic rings. The topological polar surface area (TPSA) is 66.9 Å². The van der Waals surface area contributed by atoms with Gasteiger partial charge in [0.2, 0.25) is 5.91 Å². The van der Waals surface area contributed by atoms with Crippen molar-refractivity contribution in [3.05, 3.63) is 17.6 Å². The van der Waals surface area contributed by atoms with Crippen molar-refractivity contribution in [2.45, 2.75) is 58.4 Å². The molecular formula is C15H24N4O. The van der Waals surface area contributed by atoms with Crippen molar-refractivity contribution < 1.29 is 4.79 Å². The van der Waals surface area contributed by atoms with Crippen molar-refractivity contribution in [3.63, 3.8) is 0 Å². The third kappa shape index (κ3) is 3.46. The predicted octanol–water partition coefficient (Wildman–Crippen LogP) is 2.41. The lowest BCUT2D eigenvalue weighted by Crippen LogP contribution is -2.44. The molecule has 20 heavy (non-hydrogen) atoms. The minimum atomic E-state index is -0.182. The highest BCUT2D eigenvalue weighted by atomic mass is 16.2. The van der Waals surface area contributed by atoms with Crippen molar-refractivity contribution in [1.82, 2.24) is 15.3 Å². The molecule has 0 radical (unpaired) electrons. The van der Waals surface area contributed by atoms with Crippen molar-refractivity contribution >= 4 is 11.7 Å². The fourth-order valence-corrected chi connectivity index (χ4v) is 2.20. The quantitative estimate of drug-likeness (QED) is 0.886. The molecule has 2 N–H and O–H groups in total. The maximum absolute atomic E-state index is 11.8. The summed E-state index contributed by atoms with van der Waals surface area (Å²) in [5.74, 6) is 2.27. The third-order valence-corrected chi connectivity index (χ3v) is 3.48. The second-order valence-electron chi connectivity index (χ2n) is 5.98. The first kappa shape index (κ1) is 14.8. The number of hydrogen-bond acceptors (Lipinski definition) is 4. The number of anilines is 1. The Morgan fingerprint density at radius 2 is 2.00 bits per heavy atom. The summed E-state index contributed by atoms with van der Waals surface area (Å²) in [4.78, 5) is 21.0. The highest BCUT2D eigenvalue weighted by Crippen LogP contribution is 2.20. The first-order chi connectivity index (χ1) is 9.47. The Bertz CT molecular complexity index is 459. The average Bonchev–Trinajstić information content (AvgIpc) is 2.41. The predicted molar refractivity (Wildman–Crippen MR) is 79.9 cm³/mol. The van der Waals surface area contributed by atoms with E-state index in [-0.39, 0.29) is 17.9 Å². The summed E-state index contributed by atoms with van der Waals surface area (Å²) in [6.07, 6.45) is 1.85. The van der Waals surface area contributed by atoms with Gasteiger partial charge in [-0.15, -0.1) is 0 Å². The molecule has 1 amide bonds. The number of amides is 1. The van der Waals surface area contributed by atoms with E-state index in [1.807, 2.05) is 6.07 Å². The maximum atomic E-state index is 11.8. The van der Waals surface area contributed by atoms with Gasteiger partial charge in [0.1, 0.15) is 17.7 Å². The van der Waals surface area contributed by atoms with Crippen LogP contribution < -0.4 is 10.6 Å². The van der Waals surface area contributed by atoms with E-state index in [1.54, 1.807) is 0 Å². The number of carbonyl (C=O) groups is 1. The Morgan fingerprint density at radius 3 is 2.60 bits per heavy atom. The molecule has 5 heteroatoms. The van der Waals surface area contributed by atoms with Gasteiger partial charge in [-0.3, -0.25) is 4.79 Å². The molecule has 0 unspecified atom stereocenters. The fourth-order valence-electron chi connectivity index (χ4n) is 2.20. The zero-order chi connectivity index (χ0) is 14.7. The average molecular weight is 276 g/mol. The van der Waals surface area contributed by atoms with E-state index in [4.69, 9.17) is 0 Å². The number of nitrogens with one attached hydrogen (secondary N) is 2. The molecule has 0 bridgehead atoms. The Balaban J connectivity index is 2.23. The number of hydrogen-bond donors (Lipinski definition) is 2. The number of piperidine rings is 1. The van der Waals surface area contributed by atoms with Gasteiger partial charge in [0.25, 0.3) is 0 Å². The molecule has 1 saturated heterocycles. The molecule has 1 fully saturated rings. The summed E-state index contributed by atoms with van der Waals surface area (Å²) in [7, 11) is 0. The van der Waals surface area contributed by atoms with Gasteiger partial charge in [-0.25, -0.2) is 9.97 Å². The SMILES string of the molecule is CC(C)c1cc(N[C@@H]2CCCNC2=O)nc(C(C)C)n1. The zero-order valence-corrected chi connectivity index (χ0v) is 12.7. The van der Waals surface area contributed by atoms with Gasteiger partial charge < -0.3 is 10.6 Å². The monoisotopic (exact) mass is 276 g/mol. The summed E-state index contributed by atoms with van der Waals surface area (Å²) in [5.41, 5.74) is 1.02. The van der Waals surface area contributed by atoms with Gasteiger partial charge in [0.05, 0.1) is 0 Å². The van der Waals surface area contributed by atoms with Crippen LogP contribution in [0.4, 0.5) is 5.82 Å². The second-order valence-corrected chi connectivity index (χ2v) is 5.98. The fraction of sp³-hybridized carbons (Fsp3) is 0.667. The lowest BCUT2D eigenvalue weighted by molar-refractivity contribution is -0.123. The molecule has 5 nitrogen and oxygen atoms in total. The van der Waals surface area contributed by atoms with Gasteiger partial charge in [-0.05, 0) is 18.8 Å². The summed E-state index contributed by atoms with van der Waals surface area (Å²) >= 11 is 0. The molecule has 0 saturated carbocycles. The Morgan fingerprint density at radius 1 is 1.25 bits per heavy atom. The molecular weight excluding hydrogens is 252 g/mol. The van der Waals surface area contributed by atoms with Crippen LogP contribution in [-0.4, -0.2) is 28.5 Å². The van der Waals surface area contributed by atoms with Crippen LogP contribution in [0.5, 0.6) is 0 Å². The van der Waals surface area contributed by atoms with Crippen LogP contribution in [0.1, 0.15) is 63.9 Å². The van der Waals surface area contributed by atoms with Crippen LogP contribution in [-0.2, 0) is 4.79 Å². The van der Waals surface area contributed by atoms with E-state index in [9.17, 15) is 4.79 Å². The van der Waals surface area contributed by atoms with Crippen molar-refractivity contribution in [1.29, 1.82) is 0 Å². The largest absolute Gasteiger partial charge is 0.358 e. The summed E-state index contributed by atoms with van der Waals surface area (Å²) in [6, 6.07) is 1.77. The minimum Gasteiger partial charge on any atom is -0.358 e. The van der Waals surface area contributed by atoms with Crippen molar-refractivity contribution in [2.75, 3.05) is 11.9 Å². The standard InChI is InChI=1S/C15H24N4O/c1-9(2)12-8-13(19-14(18-12)10(3)4)17-11-6-5-7-16-15(11)20/h8-11H,5-7H2,1-4H3,(H,16,20)(H,17,18,19)/t11-/m1/s1. The molecule has 0 aromatic carbocycles. The first-order valence-corrected chi connectivity index (χ1v) is 7.40. The molecule has 0 spiro atoms. The van der Waals surface area contributed by atoms with E-state index in [1.165, 1.54) is 0 Å². The van der Waals surface area contributed by atoms with E-state index in [2.05, 4.69) is 48.3 Å². The number of carbonyl (C=O) groups excluding carboxylic acids is 1. The Kier molecular flexibility index (Phi) is 4.57. The summed E-state index contributed by atoms with van der Waals surface area (Å²) in [5, 5.41) is 6.14. The summed E-state index contributed by atoms with van der Waals surface area (Å²) in [6.45, 7) is 9.16. The summed E-state index contributed by atoms with van der Waals surface area (Å²) < 4.78 is 0. The molecule has 1 aliphatic heterocycles. The van der Waals surface area contributed by atoms with Crippen LogP contribution in [0.15, 0.2) is 6.07 Å². The molecule has 1 aromatic rings. The molecule has 110 valence electrons. The number of rotatable bonds is 4. The van der Waals surface area contributed by atoms with Gasteiger partial charge >= 0.3 is 0 Å². The molecule has 2 heterocycles. The molecule has 1 atom stereocenters. The molecule has 0 aliphatic carbocycles. The smallest absolute Gasteiger partial charge is 0.242 e. The van der Waals surface area contributed by atoms with Crippen LogP contribution >= 0.6 is 0 Å². The third-order valence-electron chi connectivity index (χ3n) is 3.48. The van der Waals surface area contributed by atoms with Crippen LogP contribution in [0.25, 0.3) is 0 Å². The van der Waals surface area contributed by atoms with E-state index >= 15 is 0 Å². The van der Waals surface area contributed by atoms with E-state index in [0.717, 1.165) is 36.7 Å². The Hall–Kier alpha value is -1.65. The van der Waals surface area contributed by atoms with Crippen LogP contribution in [0, 0.1) is 0 Å². The highest BCUT2D eigenvalue weighted by Gasteiger charge is 2.22. The molecule has 1 aromatic heterocycles. The maximum Gasteiger partial charge on any atom is 0.242 e. The van der Waals surface area contributed by atoms with Gasteiger partial charge in [0, 0.05) is 24.2 Å². The van der Waals surface area contributed by atoms with Gasteiger partial charge in [-0.2, -0.15) is 0 Å². The van der Waals surface area contributed by atoms with Crippen molar-refractivity contribution in [2.24, 2.45) is 0 Å². The second kappa shape index (κ2) is 6.20. The number of nitrogens with zero attached hydrogens (tertiary/aromatic N) is 2. The van der Waals surface area contributed by atoms with Gasteiger partial charge in [0.15, 0.2) is 0 Å².